The van der Waals surface area contributed by atoms with Gasteiger partial charge in [0.2, 0.25) is 0 Å². The third kappa shape index (κ3) is 3.34. The molecule has 0 amide bonds. The number of esters is 1. The van der Waals surface area contributed by atoms with E-state index in [0.29, 0.717) is 22.8 Å². The van der Waals surface area contributed by atoms with Gasteiger partial charge in [-0.3, -0.25) is 4.98 Å². The molecule has 0 aliphatic rings. The van der Waals surface area contributed by atoms with Crippen LogP contribution in [0, 0.1) is 20.8 Å². The van der Waals surface area contributed by atoms with E-state index >= 15 is 0 Å². The second-order valence-electron chi connectivity index (χ2n) is 4.26. The Balaban J connectivity index is 2.07. The van der Waals surface area contributed by atoms with Crippen LogP contribution in [0.4, 0.5) is 0 Å². The predicted octanol–water partition coefficient (Wildman–Crippen LogP) is 2.15. The zero-order chi connectivity index (χ0) is 13.8. The summed E-state index contributed by atoms with van der Waals surface area (Å²) in [7, 11) is 0. The van der Waals surface area contributed by atoms with Crippen LogP contribution >= 0.6 is 0 Å². The van der Waals surface area contributed by atoms with Crippen LogP contribution in [0.5, 0.6) is 0 Å². The van der Waals surface area contributed by atoms with E-state index in [2.05, 4.69) is 15.0 Å². The molecule has 98 valence electrons. The molecule has 0 spiro atoms. The largest absolute Gasteiger partial charge is 0.456 e. The Labute approximate surface area is 111 Å². The van der Waals surface area contributed by atoms with Crippen molar-refractivity contribution in [1.29, 1.82) is 0 Å². The van der Waals surface area contributed by atoms with Crippen molar-refractivity contribution < 1.29 is 9.53 Å². The maximum Gasteiger partial charge on any atom is 0.340 e. The average Bonchev–Trinajstić information content (AvgIpc) is 2.35. The maximum absolute atomic E-state index is 11.9. The lowest BCUT2D eigenvalue weighted by molar-refractivity contribution is 0.0465. The summed E-state index contributed by atoms with van der Waals surface area (Å²) in [4.78, 5) is 24.4. The number of carbonyl (C=O) groups is 1. The molecule has 0 radical (unpaired) electrons. The first kappa shape index (κ1) is 13.1. The first-order valence-electron chi connectivity index (χ1n) is 5.96. The second kappa shape index (κ2) is 5.56. The van der Waals surface area contributed by atoms with Crippen LogP contribution in [-0.4, -0.2) is 20.9 Å². The van der Waals surface area contributed by atoms with Crippen LogP contribution in [0.3, 0.4) is 0 Å². The van der Waals surface area contributed by atoms with Crippen LogP contribution in [-0.2, 0) is 11.3 Å². The highest BCUT2D eigenvalue weighted by atomic mass is 16.5. The number of rotatable bonds is 3. The Morgan fingerprint density at radius 1 is 1.26 bits per heavy atom. The minimum absolute atomic E-state index is 0.136. The molecule has 19 heavy (non-hydrogen) atoms. The molecule has 0 aromatic carbocycles. The van der Waals surface area contributed by atoms with Crippen LogP contribution in [0.15, 0.2) is 24.4 Å². The molecule has 5 nitrogen and oxygen atoms in total. The quantitative estimate of drug-likeness (QED) is 0.788. The summed E-state index contributed by atoms with van der Waals surface area (Å²) in [5.41, 5.74) is 2.68. The van der Waals surface area contributed by atoms with E-state index in [1.165, 1.54) is 0 Å². The van der Waals surface area contributed by atoms with Crippen molar-refractivity contribution in [3.8, 4) is 0 Å². The molecule has 0 aliphatic carbocycles. The van der Waals surface area contributed by atoms with Gasteiger partial charge in [0, 0.05) is 11.9 Å². The SMILES string of the molecule is Cc1cc(COC(=O)c2cccnc2C)nc(C)n1. The van der Waals surface area contributed by atoms with Gasteiger partial charge in [-0.25, -0.2) is 14.8 Å². The molecule has 0 saturated heterocycles. The second-order valence-corrected chi connectivity index (χ2v) is 4.26. The van der Waals surface area contributed by atoms with Gasteiger partial charge < -0.3 is 4.74 Å². The van der Waals surface area contributed by atoms with Crippen LogP contribution < -0.4 is 0 Å². The summed E-state index contributed by atoms with van der Waals surface area (Å²) in [6.45, 7) is 5.60. The van der Waals surface area contributed by atoms with Crippen molar-refractivity contribution in [3.05, 3.63) is 52.9 Å². The van der Waals surface area contributed by atoms with Gasteiger partial charge in [0.1, 0.15) is 12.4 Å². The van der Waals surface area contributed by atoms with Crippen molar-refractivity contribution in [2.24, 2.45) is 0 Å². The van der Waals surface area contributed by atoms with E-state index in [1.807, 2.05) is 13.8 Å². The molecular weight excluding hydrogens is 242 g/mol. The van der Waals surface area contributed by atoms with Gasteiger partial charge in [-0.05, 0) is 39.0 Å². The molecule has 5 heteroatoms. The number of carbonyl (C=O) groups excluding carboxylic acids is 1. The fraction of sp³-hybridized carbons (Fsp3) is 0.286. The number of hydrogen-bond acceptors (Lipinski definition) is 5. The molecule has 0 saturated carbocycles. The Bertz CT molecular complexity index is 591. The van der Waals surface area contributed by atoms with E-state index in [1.54, 1.807) is 31.3 Å². The number of aryl methyl sites for hydroxylation is 3. The van der Waals surface area contributed by atoms with Crippen molar-refractivity contribution in [2.75, 3.05) is 0 Å². The normalized spacial score (nSPS) is 10.3. The number of aromatic nitrogens is 3. The summed E-state index contributed by atoms with van der Waals surface area (Å²) in [6, 6.07) is 5.21. The predicted molar refractivity (Wildman–Crippen MR) is 69.6 cm³/mol. The number of nitrogens with zero attached hydrogens (tertiary/aromatic N) is 3. The van der Waals surface area contributed by atoms with Crippen LogP contribution in [0.2, 0.25) is 0 Å². The Kier molecular flexibility index (Phi) is 3.85. The highest BCUT2D eigenvalue weighted by Gasteiger charge is 2.11. The zero-order valence-corrected chi connectivity index (χ0v) is 11.2. The monoisotopic (exact) mass is 257 g/mol. The van der Waals surface area contributed by atoms with Gasteiger partial charge in [-0.2, -0.15) is 0 Å². The Hall–Kier alpha value is -2.30. The zero-order valence-electron chi connectivity index (χ0n) is 11.2. The molecule has 2 aromatic heterocycles. The summed E-state index contributed by atoms with van der Waals surface area (Å²) < 4.78 is 5.24. The maximum atomic E-state index is 11.9. The molecule has 0 N–H and O–H groups in total. The first-order chi connectivity index (χ1) is 9.06. The van der Waals surface area contributed by atoms with E-state index in [-0.39, 0.29) is 12.6 Å². The van der Waals surface area contributed by atoms with E-state index in [4.69, 9.17) is 4.74 Å². The van der Waals surface area contributed by atoms with Crippen LogP contribution in [0.1, 0.15) is 33.3 Å². The molecule has 0 atom stereocenters. The van der Waals surface area contributed by atoms with Gasteiger partial charge in [0.25, 0.3) is 0 Å². The summed E-state index contributed by atoms with van der Waals surface area (Å²) in [5.74, 6) is 0.281. The highest BCUT2D eigenvalue weighted by molar-refractivity contribution is 5.90. The lowest BCUT2D eigenvalue weighted by atomic mass is 10.2. The summed E-state index contributed by atoms with van der Waals surface area (Å²) in [6.07, 6.45) is 1.64. The lowest BCUT2D eigenvalue weighted by Crippen LogP contribution is -2.09. The molecule has 0 bridgehead atoms. The molecule has 0 aliphatic heterocycles. The summed E-state index contributed by atoms with van der Waals surface area (Å²) >= 11 is 0. The van der Waals surface area contributed by atoms with Gasteiger partial charge >= 0.3 is 5.97 Å². The molecule has 2 aromatic rings. The van der Waals surface area contributed by atoms with E-state index in [0.717, 1.165) is 5.69 Å². The topological polar surface area (TPSA) is 65.0 Å². The smallest absolute Gasteiger partial charge is 0.340 e. The fourth-order valence-corrected chi connectivity index (χ4v) is 1.78. The summed E-state index contributed by atoms with van der Waals surface area (Å²) in [5, 5.41) is 0. The number of ether oxygens (including phenoxy) is 1. The molecule has 2 rings (SSSR count). The van der Waals surface area contributed by atoms with Crippen molar-refractivity contribution in [2.45, 2.75) is 27.4 Å². The van der Waals surface area contributed by atoms with Crippen LogP contribution in [0.25, 0.3) is 0 Å². The fourth-order valence-electron chi connectivity index (χ4n) is 1.78. The molecule has 0 fully saturated rings. The standard InChI is InChI=1S/C14H15N3O2/c1-9-7-12(17-11(3)16-9)8-19-14(18)13-5-4-6-15-10(13)2/h4-7H,8H2,1-3H3. The minimum atomic E-state index is -0.389. The number of hydrogen-bond donors (Lipinski definition) is 0. The van der Waals surface area contributed by atoms with Gasteiger partial charge in [-0.1, -0.05) is 0 Å². The minimum Gasteiger partial charge on any atom is -0.456 e. The average molecular weight is 257 g/mol. The van der Waals surface area contributed by atoms with E-state index < -0.39 is 0 Å². The molecular formula is C14H15N3O2. The highest BCUT2D eigenvalue weighted by Crippen LogP contribution is 2.08. The van der Waals surface area contributed by atoms with Gasteiger partial charge in [-0.15, -0.1) is 0 Å². The van der Waals surface area contributed by atoms with Crippen molar-refractivity contribution >= 4 is 5.97 Å². The first-order valence-corrected chi connectivity index (χ1v) is 5.96. The third-order valence-corrected chi connectivity index (χ3v) is 2.60. The van der Waals surface area contributed by atoms with Gasteiger partial charge in [0.05, 0.1) is 17.0 Å². The van der Waals surface area contributed by atoms with Gasteiger partial charge in [0.15, 0.2) is 0 Å². The Morgan fingerprint density at radius 3 is 2.74 bits per heavy atom. The third-order valence-electron chi connectivity index (χ3n) is 2.60. The van der Waals surface area contributed by atoms with Crippen molar-refractivity contribution in [1.82, 2.24) is 15.0 Å². The lowest BCUT2D eigenvalue weighted by Gasteiger charge is -2.07. The number of pyridine rings is 1. The Morgan fingerprint density at radius 2 is 2.05 bits per heavy atom. The van der Waals surface area contributed by atoms with Crippen molar-refractivity contribution in [3.63, 3.8) is 0 Å². The molecule has 2 heterocycles. The van der Waals surface area contributed by atoms with E-state index in [9.17, 15) is 4.79 Å². The molecule has 0 unspecified atom stereocenters.